The molecule has 0 fully saturated rings. The maximum Gasteiger partial charge on any atom is 0.131 e. The van der Waals surface area contributed by atoms with Crippen LogP contribution in [0.15, 0.2) is 82.8 Å². The number of fused-ring (bicyclic) bond motifs is 2. The van der Waals surface area contributed by atoms with Gasteiger partial charge in [-0.15, -0.1) is 0 Å². The van der Waals surface area contributed by atoms with Gasteiger partial charge < -0.3 is 10.6 Å². The number of anilines is 2. The molecule has 0 saturated heterocycles. The Morgan fingerprint density at radius 3 is 1.36 bits per heavy atom. The first-order chi connectivity index (χ1) is 17.1. The average molecular weight is 481 g/mol. The van der Waals surface area contributed by atoms with E-state index in [9.17, 15) is 0 Å². The minimum absolute atomic E-state index is 0.156. The van der Waals surface area contributed by atoms with Crippen LogP contribution in [0.4, 0.5) is 11.6 Å². The largest absolute Gasteiger partial charge is 0.328 e. The molecule has 4 aromatic rings. The Labute approximate surface area is 214 Å². The van der Waals surface area contributed by atoms with Gasteiger partial charge in [0.25, 0.3) is 0 Å². The van der Waals surface area contributed by atoms with Gasteiger partial charge in [0, 0.05) is 21.6 Å². The predicted octanol–water partition coefficient (Wildman–Crippen LogP) is 7.20. The van der Waals surface area contributed by atoms with E-state index in [2.05, 4.69) is 76.4 Å². The Kier molecular flexibility index (Phi) is 7.34. The van der Waals surface area contributed by atoms with Crippen molar-refractivity contribution in [3.63, 3.8) is 0 Å². The molecule has 0 aliphatic carbocycles. The Bertz CT molecular complexity index is 1300. The van der Waals surface area contributed by atoms with Gasteiger partial charge >= 0.3 is 0 Å². The zero-order chi connectivity index (χ0) is 25.8. The second-order valence-corrected chi connectivity index (χ2v) is 11.0. The van der Waals surface area contributed by atoms with E-state index in [1.54, 1.807) is 0 Å². The maximum atomic E-state index is 4.89. The van der Waals surface area contributed by atoms with Gasteiger partial charge in [0.1, 0.15) is 23.3 Å². The van der Waals surface area contributed by atoms with Gasteiger partial charge in [-0.3, -0.25) is 9.98 Å². The van der Waals surface area contributed by atoms with Crippen LogP contribution >= 0.6 is 0 Å². The highest BCUT2D eigenvalue weighted by molar-refractivity contribution is 6.00. The molecule has 0 amide bonds. The molecule has 0 atom stereocenters. The minimum Gasteiger partial charge on any atom is -0.328 e. The summed E-state index contributed by atoms with van der Waals surface area (Å²) in [6, 6.07) is 24.4. The number of aromatic nitrogens is 2. The number of nitrogens with one attached hydrogen (secondary N) is 2. The molecule has 0 radical (unpaired) electrons. The topological polar surface area (TPSA) is 74.6 Å². The van der Waals surface area contributed by atoms with Crippen LogP contribution < -0.4 is 10.6 Å². The Morgan fingerprint density at radius 2 is 0.972 bits per heavy atom. The van der Waals surface area contributed by atoms with Crippen LogP contribution in [0.3, 0.4) is 0 Å². The van der Waals surface area contributed by atoms with Gasteiger partial charge in [-0.05, 0) is 36.4 Å². The van der Waals surface area contributed by atoms with Crippen molar-refractivity contribution in [3.8, 4) is 0 Å². The molecule has 0 bridgehead atoms. The third-order valence-electron chi connectivity index (χ3n) is 5.75. The molecule has 4 rings (SSSR count). The number of rotatable bonds is 5. The first-order valence-corrected chi connectivity index (χ1v) is 12.5. The molecule has 0 unspecified atom stereocenters. The van der Waals surface area contributed by atoms with Gasteiger partial charge in [-0.1, -0.05) is 77.9 Å². The van der Waals surface area contributed by atoms with Crippen molar-refractivity contribution in [1.29, 1.82) is 0 Å². The number of aliphatic imine (C=N–C) groups is 2. The van der Waals surface area contributed by atoms with Crippen molar-refractivity contribution in [2.75, 3.05) is 23.7 Å². The summed E-state index contributed by atoms with van der Waals surface area (Å²) in [6.45, 7) is 14.0. The second kappa shape index (κ2) is 10.4. The van der Waals surface area contributed by atoms with Crippen LogP contribution in [0, 0.1) is 10.8 Å². The summed E-state index contributed by atoms with van der Waals surface area (Å²) in [5, 5.41) is 9.14. The molecule has 0 aliphatic rings. The van der Waals surface area contributed by atoms with E-state index >= 15 is 0 Å². The van der Waals surface area contributed by atoms with Gasteiger partial charge in [-0.25, -0.2) is 9.97 Å². The monoisotopic (exact) mass is 480 g/mol. The molecule has 6 nitrogen and oxygen atoms in total. The number of amidine groups is 2. The zero-order valence-electron chi connectivity index (χ0n) is 22.1. The quantitative estimate of drug-likeness (QED) is 0.180. The smallest absolute Gasteiger partial charge is 0.131 e. The highest BCUT2D eigenvalue weighted by Gasteiger charge is 2.21. The first kappa shape index (κ1) is 25.3. The third-order valence-corrected chi connectivity index (χ3v) is 5.75. The van der Waals surface area contributed by atoms with Crippen LogP contribution in [0.5, 0.6) is 0 Å². The lowest BCUT2D eigenvalue weighted by molar-refractivity contribution is 0.582. The molecular formula is C30H36N6. The number of nitrogens with zero attached hydrogens (tertiary/aromatic N) is 4. The van der Waals surface area contributed by atoms with E-state index in [0.717, 1.165) is 45.1 Å². The number of hydrogen-bond donors (Lipinski definition) is 2. The van der Waals surface area contributed by atoms with E-state index < -0.39 is 0 Å². The fraction of sp³-hybridized carbons (Fsp3) is 0.333. The van der Waals surface area contributed by atoms with Crippen molar-refractivity contribution in [2.24, 2.45) is 20.8 Å². The Hall–Kier alpha value is -3.80. The van der Waals surface area contributed by atoms with Crippen molar-refractivity contribution in [3.05, 3.63) is 72.8 Å². The number of benzene rings is 2. The fourth-order valence-electron chi connectivity index (χ4n) is 3.77. The molecule has 186 valence electrons. The van der Waals surface area contributed by atoms with Gasteiger partial charge in [0.05, 0.1) is 24.1 Å². The van der Waals surface area contributed by atoms with Crippen LogP contribution in [0.1, 0.15) is 41.5 Å². The summed E-state index contributed by atoms with van der Waals surface area (Å²) >= 11 is 0. The van der Waals surface area contributed by atoms with Crippen LogP contribution in [-0.2, 0) is 0 Å². The lowest BCUT2D eigenvalue weighted by atomic mass is 9.94. The fourth-order valence-corrected chi connectivity index (χ4v) is 3.77. The Balaban J connectivity index is 1.49. The van der Waals surface area contributed by atoms with E-state index in [1.165, 1.54) is 0 Å². The molecule has 2 heterocycles. The number of para-hydroxylation sites is 2. The Morgan fingerprint density at radius 1 is 0.583 bits per heavy atom. The minimum atomic E-state index is -0.156. The molecule has 2 aromatic heterocycles. The molecule has 36 heavy (non-hydrogen) atoms. The molecule has 0 aliphatic heterocycles. The summed E-state index contributed by atoms with van der Waals surface area (Å²) in [6.07, 6.45) is 0. The molecule has 2 aromatic carbocycles. The summed E-state index contributed by atoms with van der Waals surface area (Å²) in [7, 11) is 0. The number of pyridine rings is 2. The average Bonchev–Trinajstić information content (AvgIpc) is 2.83. The zero-order valence-corrected chi connectivity index (χ0v) is 22.1. The first-order valence-electron chi connectivity index (χ1n) is 12.5. The SMILES string of the molecule is CC(C)(C)C(=NCCN=C(Nc1ccc2ccccc2n1)C(C)(C)C)Nc1ccc2ccccc2n1. The van der Waals surface area contributed by atoms with Crippen molar-refractivity contribution >= 4 is 45.1 Å². The lowest BCUT2D eigenvalue weighted by Gasteiger charge is -2.24. The van der Waals surface area contributed by atoms with E-state index in [4.69, 9.17) is 20.0 Å². The van der Waals surface area contributed by atoms with Gasteiger partial charge in [0.15, 0.2) is 0 Å². The number of hydrogen-bond acceptors (Lipinski definition) is 4. The lowest BCUT2D eigenvalue weighted by Crippen LogP contribution is -2.30. The highest BCUT2D eigenvalue weighted by atomic mass is 15.1. The molecular weight excluding hydrogens is 444 g/mol. The van der Waals surface area contributed by atoms with Crippen molar-refractivity contribution < 1.29 is 0 Å². The van der Waals surface area contributed by atoms with Crippen LogP contribution in [0.25, 0.3) is 21.8 Å². The second-order valence-electron chi connectivity index (χ2n) is 11.0. The highest BCUT2D eigenvalue weighted by Crippen LogP contribution is 2.22. The van der Waals surface area contributed by atoms with E-state index in [1.807, 2.05) is 48.5 Å². The van der Waals surface area contributed by atoms with Crippen LogP contribution in [-0.4, -0.2) is 34.7 Å². The summed E-state index contributed by atoms with van der Waals surface area (Å²) in [5.74, 6) is 3.37. The molecule has 0 saturated carbocycles. The van der Waals surface area contributed by atoms with Gasteiger partial charge in [0.2, 0.25) is 0 Å². The summed E-state index contributed by atoms with van der Waals surface area (Å²) in [5.41, 5.74) is 1.61. The normalized spacial score (nSPS) is 13.3. The van der Waals surface area contributed by atoms with Gasteiger partial charge in [-0.2, -0.15) is 0 Å². The molecule has 6 heteroatoms. The standard InChI is InChI=1S/C30H36N6/c1-29(2,3)27(35-25-17-15-21-11-7-9-13-23(21)33-25)31-19-20-32-28(30(4,5)6)36-26-18-16-22-12-8-10-14-24(22)34-26/h7-18H,19-20H2,1-6H3,(H,31,33,35)(H,32,34,36). The van der Waals surface area contributed by atoms with E-state index in [0.29, 0.717) is 13.1 Å². The molecule has 2 N–H and O–H groups in total. The summed E-state index contributed by atoms with van der Waals surface area (Å²) in [4.78, 5) is 19.3. The predicted molar refractivity (Wildman–Crippen MR) is 154 cm³/mol. The van der Waals surface area contributed by atoms with Crippen molar-refractivity contribution in [1.82, 2.24) is 9.97 Å². The third kappa shape index (κ3) is 6.45. The molecule has 0 spiro atoms. The maximum absolute atomic E-state index is 4.89. The van der Waals surface area contributed by atoms with Crippen molar-refractivity contribution in [2.45, 2.75) is 41.5 Å². The summed E-state index contributed by atoms with van der Waals surface area (Å²) < 4.78 is 0. The van der Waals surface area contributed by atoms with E-state index in [-0.39, 0.29) is 10.8 Å². The van der Waals surface area contributed by atoms with Crippen LogP contribution in [0.2, 0.25) is 0 Å².